The van der Waals surface area contributed by atoms with E-state index in [4.69, 9.17) is 28.5 Å². The van der Waals surface area contributed by atoms with Gasteiger partial charge in [-0.15, -0.1) is 0 Å². The summed E-state index contributed by atoms with van der Waals surface area (Å²) >= 11 is 11.6. The highest BCUT2D eigenvalue weighted by Crippen LogP contribution is 2.23. The van der Waals surface area contributed by atoms with Crippen LogP contribution >= 0.6 is 23.2 Å². The summed E-state index contributed by atoms with van der Waals surface area (Å²) in [6.45, 7) is 0. The quantitative estimate of drug-likeness (QED) is 0.729. The van der Waals surface area contributed by atoms with Crippen molar-refractivity contribution in [3.8, 4) is 17.3 Å². The Balaban J connectivity index is 2.47. The number of nitrogens with zero attached hydrogens (tertiary/aromatic N) is 3. The third-order valence-electron chi connectivity index (χ3n) is 1.95. The van der Waals surface area contributed by atoms with Gasteiger partial charge in [0.15, 0.2) is 0 Å². The fourth-order valence-electron chi connectivity index (χ4n) is 1.24. The summed E-state index contributed by atoms with van der Waals surface area (Å²) in [7, 11) is 0. The minimum absolute atomic E-state index is 0.314. The molecule has 16 heavy (non-hydrogen) atoms. The first-order valence-corrected chi connectivity index (χ1v) is 5.14. The van der Waals surface area contributed by atoms with Gasteiger partial charge < -0.3 is 0 Å². The van der Waals surface area contributed by atoms with E-state index < -0.39 is 0 Å². The Morgan fingerprint density at radius 1 is 1.12 bits per heavy atom. The topological polar surface area (TPSA) is 49.6 Å². The van der Waals surface area contributed by atoms with Gasteiger partial charge in [-0.05, 0) is 24.3 Å². The normalized spacial score (nSPS) is 9.81. The number of halogens is 2. The minimum atomic E-state index is 0.314. The van der Waals surface area contributed by atoms with Crippen LogP contribution in [0.25, 0.3) is 11.3 Å². The molecule has 0 amide bonds. The highest BCUT2D eigenvalue weighted by atomic mass is 35.5. The van der Waals surface area contributed by atoms with Crippen LogP contribution < -0.4 is 0 Å². The lowest BCUT2D eigenvalue weighted by atomic mass is 10.1. The Hall–Kier alpha value is -1.63. The van der Waals surface area contributed by atoms with Crippen molar-refractivity contribution in [1.82, 2.24) is 9.97 Å². The molecule has 2 aromatic rings. The van der Waals surface area contributed by atoms with Gasteiger partial charge in [-0.1, -0.05) is 23.2 Å². The zero-order valence-corrected chi connectivity index (χ0v) is 9.50. The summed E-state index contributed by atoms with van der Waals surface area (Å²) in [5, 5.41) is 9.27. The summed E-state index contributed by atoms with van der Waals surface area (Å²) in [6.07, 6.45) is 1.50. The number of rotatable bonds is 1. The molecule has 5 heteroatoms. The fourth-order valence-corrected chi connectivity index (χ4v) is 1.70. The van der Waals surface area contributed by atoms with E-state index >= 15 is 0 Å². The molecule has 0 aromatic carbocycles. The number of pyridine rings is 2. The fraction of sp³-hybridized carbons (Fsp3) is 0. The summed E-state index contributed by atoms with van der Waals surface area (Å²) in [4.78, 5) is 7.98. The summed E-state index contributed by atoms with van der Waals surface area (Å²) in [5.74, 6) is 0. The molecule has 3 nitrogen and oxygen atoms in total. The van der Waals surface area contributed by atoms with Crippen LogP contribution in [0.1, 0.15) is 5.56 Å². The lowest BCUT2D eigenvalue weighted by Crippen LogP contribution is -1.86. The molecule has 2 aromatic heterocycles. The molecule has 2 rings (SSSR count). The molecule has 0 fully saturated rings. The van der Waals surface area contributed by atoms with Gasteiger partial charge in [0.05, 0.1) is 11.3 Å². The van der Waals surface area contributed by atoms with Gasteiger partial charge in [-0.3, -0.25) is 4.98 Å². The van der Waals surface area contributed by atoms with E-state index in [2.05, 4.69) is 9.97 Å². The zero-order chi connectivity index (χ0) is 11.5. The van der Waals surface area contributed by atoms with Crippen LogP contribution in [0.2, 0.25) is 10.3 Å². The van der Waals surface area contributed by atoms with Crippen LogP contribution in [-0.4, -0.2) is 9.97 Å². The van der Waals surface area contributed by atoms with Crippen molar-refractivity contribution in [3.05, 3.63) is 46.3 Å². The maximum absolute atomic E-state index is 8.65. The number of hydrogen-bond donors (Lipinski definition) is 0. The monoisotopic (exact) mass is 249 g/mol. The molecule has 0 spiro atoms. The number of aromatic nitrogens is 2. The van der Waals surface area contributed by atoms with Crippen LogP contribution in [0, 0.1) is 11.3 Å². The van der Waals surface area contributed by atoms with Gasteiger partial charge in [0.2, 0.25) is 0 Å². The van der Waals surface area contributed by atoms with Crippen LogP contribution in [0.5, 0.6) is 0 Å². The molecular formula is C11H5Cl2N3. The summed E-state index contributed by atoms with van der Waals surface area (Å²) in [6, 6.07) is 8.76. The molecule has 0 atom stereocenters. The van der Waals surface area contributed by atoms with Crippen molar-refractivity contribution in [1.29, 1.82) is 5.26 Å². The Labute approximate surface area is 102 Å². The molecule has 0 bridgehead atoms. The zero-order valence-electron chi connectivity index (χ0n) is 7.98. The maximum atomic E-state index is 8.65. The predicted molar refractivity (Wildman–Crippen MR) is 62.2 cm³/mol. The Morgan fingerprint density at radius 2 is 1.81 bits per heavy atom. The van der Waals surface area contributed by atoms with E-state index in [9.17, 15) is 0 Å². The molecule has 2 heterocycles. The molecule has 0 aliphatic carbocycles. The second-order valence-electron chi connectivity index (χ2n) is 3.05. The van der Waals surface area contributed by atoms with E-state index in [0.717, 1.165) is 5.56 Å². The average Bonchev–Trinajstić information content (AvgIpc) is 2.28. The second-order valence-corrected chi connectivity index (χ2v) is 3.82. The van der Waals surface area contributed by atoms with Crippen molar-refractivity contribution in [2.75, 3.05) is 0 Å². The van der Waals surface area contributed by atoms with E-state index in [-0.39, 0.29) is 0 Å². The minimum Gasteiger partial charge on any atom is -0.255 e. The van der Waals surface area contributed by atoms with Gasteiger partial charge in [0.25, 0.3) is 0 Å². The third kappa shape index (κ3) is 2.30. The highest BCUT2D eigenvalue weighted by molar-refractivity contribution is 6.32. The van der Waals surface area contributed by atoms with Gasteiger partial charge in [0.1, 0.15) is 16.4 Å². The average molecular weight is 250 g/mol. The molecule has 0 N–H and O–H groups in total. The van der Waals surface area contributed by atoms with Crippen molar-refractivity contribution >= 4 is 23.2 Å². The van der Waals surface area contributed by atoms with Crippen molar-refractivity contribution in [2.45, 2.75) is 0 Å². The van der Waals surface area contributed by atoms with Gasteiger partial charge in [-0.25, -0.2) is 4.98 Å². The number of nitriles is 1. The first-order valence-electron chi connectivity index (χ1n) is 4.38. The van der Waals surface area contributed by atoms with Crippen LogP contribution in [-0.2, 0) is 0 Å². The molecule has 78 valence electrons. The summed E-state index contributed by atoms with van der Waals surface area (Å²) < 4.78 is 0. The predicted octanol–water partition coefficient (Wildman–Crippen LogP) is 3.32. The lowest BCUT2D eigenvalue weighted by molar-refractivity contribution is 1.27. The molecule has 0 saturated heterocycles. The van der Waals surface area contributed by atoms with Crippen LogP contribution in [0.3, 0.4) is 0 Å². The first-order chi connectivity index (χ1) is 7.69. The molecule has 0 radical (unpaired) electrons. The standard InChI is InChI=1S/C11H5Cl2N3/c12-10-3-8(4-11(13)16-10)9-2-1-7(5-14)6-15-9/h1-4,6H. The van der Waals surface area contributed by atoms with Crippen LogP contribution in [0.4, 0.5) is 0 Å². The third-order valence-corrected chi connectivity index (χ3v) is 2.34. The van der Waals surface area contributed by atoms with Gasteiger partial charge >= 0.3 is 0 Å². The van der Waals surface area contributed by atoms with Gasteiger partial charge in [-0.2, -0.15) is 5.26 Å². The van der Waals surface area contributed by atoms with Gasteiger partial charge in [0, 0.05) is 11.8 Å². The highest BCUT2D eigenvalue weighted by Gasteiger charge is 2.03. The number of hydrogen-bond acceptors (Lipinski definition) is 3. The second kappa shape index (κ2) is 4.48. The van der Waals surface area contributed by atoms with E-state index in [1.54, 1.807) is 24.3 Å². The SMILES string of the molecule is N#Cc1ccc(-c2cc(Cl)nc(Cl)c2)nc1. The Bertz CT molecular complexity index is 538. The molecule has 0 aliphatic rings. The molecule has 0 saturated carbocycles. The molecule has 0 unspecified atom stereocenters. The summed E-state index contributed by atoms with van der Waals surface area (Å²) in [5.41, 5.74) is 1.98. The largest absolute Gasteiger partial charge is 0.255 e. The molecule has 0 aliphatic heterocycles. The van der Waals surface area contributed by atoms with Crippen molar-refractivity contribution < 1.29 is 0 Å². The maximum Gasteiger partial charge on any atom is 0.131 e. The lowest BCUT2D eigenvalue weighted by Gasteiger charge is -2.01. The first kappa shape index (κ1) is 10.9. The van der Waals surface area contributed by atoms with E-state index in [1.165, 1.54) is 6.20 Å². The van der Waals surface area contributed by atoms with E-state index in [1.807, 2.05) is 6.07 Å². The smallest absolute Gasteiger partial charge is 0.131 e. The molecular weight excluding hydrogens is 245 g/mol. The Kier molecular flexibility index (Phi) is 3.04. The van der Waals surface area contributed by atoms with Crippen molar-refractivity contribution in [2.24, 2.45) is 0 Å². The van der Waals surface area contributed by atoms with Crippen molar-refractivity contribution in [3.63, 3.8) is 0 Å². The Morgan fingerprint density at radius 3 is 2.31 bits per heavy atom. The van der Waals surface area contributed by atoms with Crippen LogP contribution in [0.15, 0.2) is 30.5 Å². The van der Waals surface area contributed by atoms with E-state index in [0.29, 0.717) is 21.6 Å².